The van der Waals surface area contributed by atoms with E-state index in [9.17, 15) is 9.90 Å². The third-order valence-corrected chi connectivity index (χ3v) is 3.04. The number of carboxylic acid groups (broad SMARTS) is 1. The molecule has 1 atom stereocenters. The van der Waals surface area contributed by atoms with E-state index in [0.29, 0.717) is 12.0 Å². The molecule has 0 heterocycles. The molecule has 1 aliphatic rings. The van der Waals surface area contributed by atoms with E-state index in [1.54, 1.807) is 6.92 Å². The Morgan fingerprint density at radius 2 is 1.93 bits per heavy atom. The number of carbonyl (C=O) groups is 1. The third kappa shape index (κ3) is 2.15. The zero-order chi connectivity index (χ0) is 11.0. The van der Waals surface area contributed by atoms with Crippen LogP contribution in [0.25, 0.3) is 0 Å². The molecular weight excluding hydrogens is 180 g/mol. The van der Waals surface area contributed by atoms with Crippen molar-refractivity contribution < 1.29 is 15.0 Å². The highest BCUT2D eigenvalue weighted by Gasteiger charge is 2.40. The fourth-order valence-electron chi connectivity index (χ4n) is 2.35. The van der Waals surface area contributed by atoms with Crippen molar-refractivity contribution in [3.63, 3.8) is 0 Å². The summed E-state index contributed by atoms with van der Waals surface area (Å²) >= 11 is 0. The Hall–Kier alpha value is -0.830. The van der Waals surface area contributed by atoms with Gasteiger partial charge in [0.1, 0.15) is 0 Å². The molecule has 14 heavy (non-hydrogen) atoms. The topological polar surface area (TPSA) is 57.5 Å². The summed E-state index contributed by atoms with van der Waals surface area (Å²) in [6, 6.07) is 0. The summed E-state index contributed by atoms with van der Waals surface area (Å²) < 4.78 is 0. The predicted octanol–water partition coefficient (Wildman–Crippen LogP) is 1.96. The Morgan fingerprint density at radius 1 is 1.36 bits per heavy atom. The van der Waals surface area contributed by atoms with Crippen LogP contribution in [-0.4, -0.2) is 21.8 Å². The maximum absolute atomic E-state index is 10.7. The molecule has 3 heteroatoms. The lowest BCUT2D eigenvalue weighted by molar-refractivity contribution is -0.131. The van der Waals surface area contributed by atoms with Gasteiger partial charge in [0.2, 0.25) is 0 Å². The van der Waals surface area contributed by atoms with Gasteiger partial charge >= 0.3 is 5.97 Å². The third-order valence-electron chi connectivity index (χ3n) is 3.04. The van der Waals surface area contributed by atoms with Gasteiger partial charge in [-0.3, -0.25) is 0 Å². The Morgan fingerprint density at radius 3 is 2.36 bits per heavy atom. The average Bonchev–Trinajstić information content (AvgIpc) is 1.96. The Kier molecular flexibility index (Phi) is 2.72. The van der Waals surface area contributed by atoms with E-state index in [2.05, 4.69) is 0 Å². The van der Waals surface area contributed by atoms with Crippen molar-refractivity contribution in [2.75, 3.05) is 0 Å². The van der Waals surface area contributed by atoms with Gasteiger partial charge in [-0.1, -0.05) is 13.8 Å². The number of hydrogen-bond donors (Lipinski definition) is 2. The molecule has 1 fully saturated rings. The molecule has 0 aromatic heterocycles. The van der Waals surface area contributed by atoms with Gasteiger partial charge in [-0.15, -0.1) is 0 Å². The summed E-state index contributed by atoms with van der Waals surface area (Å²) in [5, 5.41) is 18.8. The van der Waals surface area contributed by atoms with Crippen LogP contribution in [0.2, 0.25) is 0 Å². The number of aliphatic carboxylic acids is 1. The van der Waals surface area contributed by atoms with Crippen molar-refractivity contribution in [1.29, 1.82) is 0 Å². The second kappa shape index (κ2) is 3.39. The van der Waals surface area contributed by atoms with E-state index < -0.39 is 11.6 Å². The van der Waals surface area contributed by atoms with E-state index in [4.69, 9.17) is 5.11 Å². The van der Waals surface area contributed by atoms with Crippen molar-refractivity contribution in [1.82, 2.24) is 0 Å². The molecule has 0 radical (unpaired) electrons. The lowest BCUT2D eigenvalue weighted by Crippen LogP contribution is -2.39. The zero-order valence-corrected chi connectivity index (χ0v) is 9.00. The molecule has 1 aliphatic carbocycles. The molecule has 1 rings (SSSR count). The first-order valence-electron chi connectivity index (χ1n) is 4.94. The van der Waals surface area contributed by atoms with Gasteiger partial charge in [0.15, 0.2) is 0 Å². The van der Waals surface area contributed by atoms with Gasteiger partial charge in [0.05, 0.1) is 5.60 Å². The Bertz CT molecular complexity index is 256. The molecule has 0 saturated heterocycles. The molecule has 0 aliphatic heterocycles. The molecular formula is C11H18O3. The van der Waals surface area contributed by atoms with Gasteiger partial charge in [0, 0.05) is 6.08 Å². The molecule has 3 nitrogen and oxygen atoms in total. The van der Waals surface area contributed by atoms with Gasteiger partial charge in [-0.05, 0) is 37.2 Å². The fourth-order valence-corrected chi connectivity index (χ4v) is 2.35. The molecule has 1 unspecified atom stereocenters. The van der Waals surface area contributed by atoms with Gasteiger partial charge in [-0.2, -0.15) is 0 Å². The van der Waals surface area contributed by atoms with Crippen LogP contribution in [0.15, 0.2) is 11.6 Å². The number of carboxylic acids is 1. The zero-order valence-electron chi connectivity index (χ0n) is 9.00. The number of hydrogen-bond acceptors (Lipinski definition) is 2. The van der Waals surface area contributed by atoms with Crippen LogP contribution in [0.4, 0.5) is 0 Å². The van der Waals surface area contributed by atoms with Crippen molar-refractivity contribution in [3.05, 3.63) is 11.6 Å². The summed E-state index contributed by atoms with van der Waals surface area (Å²) in [5.41, 5.74) is -0.524. The minimum absolute atomic E-state index is 0.208. The van der Waals surface area contributed by atoms with Crippen LogP contribution in [0.1, 0.15) is 40.0 Å². The van der Waals surface area contributed by atoms with Crippen LogP contribution in [0.3, 0.4) is 0 Å². The van der Waals surface area contributed by atoms with Crippen LogP contribution < -0.4 is 0 Å². The average molecular weight is 198 g/mol. The first-order chi connectivity index (χ1) is 6.26. The van der Waals surface area contributed by atoms with Crippen molar-refractivity contribution in [2.45, 2.75) is 45.6 Å². The second-order valence-corrected chi connectivity index (χ2v) is 4.91. The summed E-state index contributed by atoms with van der Waals surface area (Å²) in [6.07, 6.45) is 3.69. The highest BCUT2D eigenvalue weighted by Crippen LogP contribution is 2.45. The maximum Gasteiger partial charge on any atom is 0.328 e. The minimum Gasteiger partial charge on any atom is -0.478 e. The maximum atomic E-state index is 10.7. The minimum atomic E-state index is -0.977. The summed E-state index contributed by atoms with van der Waals surface area (Å²) in [5.74, 6) is -0.977. The van der Waals surface area contributed by atoms with Crippen LogP contribution in [0, 0.1) is 5.41 Å². The molecule has 0 amide bonds. The van der Waals surface area contributed by atoms with Crippen molar-refractivity contribution in [3.8, 4) is 0 Å². The molecule has 0 aromatic rings. The highest BCUT2D eigenvalue weighted by atomic mass is 16.4. The molecule has 0 aromatic carbocycles. The van der Waals surface area contributed by atoms with E-state index in [1.807, 2.05) is 13.8 Å². The second-order valence-electron chi connectivity index (χ2n) is 4.91. The molecule has 0 bridgehead atoms. The predicted molar refractivity (Wildman–Crippen MR) is 54.0 cm³/mol. The largest absolute Gasteiger partial charge is 0.478 e. The fraction of sp³-hybridized carbons (Fsp3) is 0.727. The van der Waals surface area contributed by atoms with Gasteiger partial charge in [-0.25, -0.2) is 4.79 Å². The van der Waals surface area contributed by atoms with Crippen LogP contribution in [-0.2, 0) is 4.79 Å². The molecule has 0 spiro atoms. The summed E-state index contributed by atoms with van der Waals surface area (Å²) in [7, 11) is 0. The first kappa shape index (κ1) is 11.2. The SMILES string of the molecule is CC1(C)CCCC(C)(O)/C1=C/C(=O)O. The van der Waals surface area contributed by atoms with Crippen LogP contribution >= 0.6 is 0 Å². The lowest BCUT2D eigenvalue weighted by Gasteiger charge is -2.42. The quantitative estimate of drug-likeness (QED) is 0.633. The van der Waals surface area contributed by atoms with Gasteiger partial charge < -0.3 is 10.2 Å². The highest BCUT2D eigenvalue weighted by molar-refractivity contribution is 5.81. The molecule has 2 N–H and O–H groups in total. The van der Waals surface area contributed by atoms with E-state index in [1.165, 1.54) is 6.08 Å². The van der Waals surface area contributed by atoms with E-state index in [0.717, 1.165) is 12.8 Å². The Balaban J connectivity index is 3.10. The smallest absolute Gasteiger partial charge is 0.328 e. The molecule has 80 valence electrons. The number of aliphatic hydroxyl groups is 1. The van der Waals surface area contributed by atoms with E-state index >= 15 is 0 Å². The molecule has 1 saturated carbocycles. The standard InChI is InChI=1S/C11H18O3/c1-10(2)5-4-6-11(3,14)8(10)7-9(12)13/h7,14H,4-6H2,1-3H3,(H,12,13)/b8-7+. The van der Waals surface area contributed by atoms with E-state index in [-0.39, 0.29) is 5.41 Å². The first-order valence-corrected chi connectivity index (χ1v) is 4.94. The monoisotopic (exact) mass is 198 g/mol. The van der Waals surface area contributed by atoms with Crippen molar-refractivity contribution in [2.24, 2.45) is 5.41 Å². The van der Waals surface area contributed by atoms with Crippen LogP contribution in [0.5, 0.6) is 0 Å². The summed E-state index contributed by atoms with van der Waals surface area (Å²) in [4.78, 5) is 10.7. The van der Waals surface area contributed by atoms with Crippen molar-refractivity contribution >= 4 is 5.97 Å². The number of rotatable bonds is 1. The summed E-state index contributed by atoms with van der Waals surface area (Å²) in [6.45, 7) is 5.66. The van der Waals surface area contributed by atoms with Gasteiger partial charge in [0.25, 0.3) is 0 Å². The lowest BCUT2D eigenvalue weighted by atomic mass is 9.66. The normalized spacial score (nSPS) is 34.4. The Labute approximate surface area is 84.4 Å².